The Labute approximate surface area is 97.6 Å². The molecule has 0 unspecified atom stereocenters. The van der Waals surface area contributed by atoms with Crippen molar-refractivity contribution in [3.05, 3.63) is 23.8 Å². The van der Waals surface area contributed by atoms with Crippen LogP contribution in [0, 0.1) is 0 Å². The lowest BCUT2D eigenvalue weighted by Gasteiger charge is -2.08. The van der Waals surface area contributed by atoms with Crippen molar-refractivity contribution >= 4 is 5.91 Å². The van der Waals surface area contributed by atoms with Crippen LogP contribution < -0.4 is 5.32 Å². The molecule has 0 aliphatic heterocycles. The topological polar surface area (TPSA) is 38.3 Å². The molecule has 0 saturated carbocycles. The second-order valence-corrected chi connectivity index (χ2v) is 3.87. The number of amides is 1. The van der Waals surface area contributed by atoms with Gasteiger partial charge in [-0.05, 0) is 24.8 Å². The van der Waals surface area contributed by atoms with E-state index in [-0.39, 0.29) is 5.91 Å². The van der Waals surface area contributed by atoms with Crippen LogP contribution in [0.1, 0.15) is 32.6 Å². The molecule has 0 atom stereocenters. The molecule has 0 bridgehead atoms. The minimum Gasteiger partial charge on any atom is -0.377 e. The predicted molar refractivity (Wildman–Crippen MR) is 65.2 cm³/mol. The summed E-state index contributed by atoms with van der Waals surface area (Å²) >= 11 is 0. The quantitative estimate of drug-likeness (QED) is 0.672. The zero-order valence-electron chi connectivity index (χ0n) is 10.00. The molecule has 0 saturated heterocycles. The number of hydrogen-bond acceptors (Lipinski definition) is 2. The average molecular weight is 223 g/mol. The van der Waals surface area contributed by atoms with Gasteiger partial charge in [-0.25, -0.2) is 0 Å². The van der Waals surface area contributed by atoms with Crippen molar-refractivity contribution in [3.63, 3.8) is 0 Å². The zero-order chi connectivity index (χ0) is 11.6. The minimum absolute atomic E-state index is 0.109. The fraction of sp³-hybridized carbons (Fsp3) is 0.615. The fourth-order valence-corrected chi connectivity index (χ4v) is 1.49. The first-order valence-electron chi connectivity index (χ1n) is 6.03. The second-order valence-electron chi connectivity index (χ2n) is 3.87. The van der Waals surface area contributed by atoms with Gasteiger partial charge in [0.2, 0.25) is 5.91 Å². The van der Waals surface area contributed by atoms with Gasteiger partial charge < -0.3 is 10.1 Å². The summed E-state index contributed by atoms with van der Waals surface area (Å²) in [5, 5.41) is 2.82. The van der Waals surface area contributed by atoms with E-state index in [4.69, 9.17) is 4.74 Å². The van der Waals surface area contributed by atoms with Crippen LogP contribution in [0.4, 0.5) is 0 Å². The summed E-state index contributed by atoms with van der Waals surface area (Å²) in [7, 11) is 0. The Morgan fingerprint density at radius 3 is 3.06 bits per heavy atom. The van der Waals surface area contributed by atoms with Crippen LogP contribution >= 0.6 is 0 Å². The molecule has 3 nitrogen and oxygen atoms in total. The smallest absolute Gasteiger partial charge is 0.219 e. The van der Waals surface area contributed by atoms with Gasteiger partial charge in [0.05, 0.1) is 6.61 Å². The Bertz CT molecular complexity index is 269. The minimum atomic E-state index is 0.109. The Hall–Kier alpha value is -1.09. The van der Waals surface area contributed by atoms with E-state index in [0.29, 0.717) is 26.2 Å². The van der Waals surface area contributed by atoms with E-state index >= 15 is 0 Å². The third kappa shape index (κ3) is 5.71. The summed E-state index contributed by atoms with van der Waals surface area (Å²) in [6.45, 7) is 3.96. The lowest BCUT2D eigenvalue weighted by atomic mass is 10.1. The molecule has 0 heterocycles. The summed E-state index contributed by atoms with van der Waals surface area (Å²) in [5.41, 5.74) is 1.27. The summed E-state index contributed by atoms with van der Waals surface area (Å²) in [4.78, 5) is 10.9. The second kappa shape index (κ2) is 8.11. The lowest BCUT2D eigenvalue weighted by molar-refractivity contribution is -0.120. The molecular formula is C13H21NO2. The van der Waals surface area contributed by atoms with Gasteiger partial charge in [-0.2, -0.15) is 0 Å². The van der Waals surface area contributed by atoms with E-state index in [9.17, 15) is 4.79 Å². The highest BCUT2D eigenvalue weighted by Crippen LogP contribution is 2.09. The molecule has 0 spiro atoms. The first-order chi connectivity index (χ1) is 7.83. The van der Waals surface area contributed by atoms with Crippen molar-refractivity contribution in [1.82, 2.24) is 5.32 Å². The van der Waals surface area contributed by atoms with Crippen LogP contribution in [0.5, 0.6) is 0 Å². The first kappa shape index (κ1) is 13.0. The number of allylic oxidation sites excluding steroid dienone is 2. The van der Waals surface area contributed by atoms with Crippen LogP contribution in [0.3, 0.4) is 0 Å². The average Bonchev–Trinajstić information content (AvgIpc) is 2.34. The van der Waals surface area contributed by atoms with Crippen LogP contribution in [-0.2, 0) is 9.53 Å². The van der Waals surface area contributed by atoms with Crippen molar-refractivity contribution in [1.29, 1.82) is 0 Å². The van der Waals surface area contributed by atoms with E-state index < -0.39 is 0 Å². The van der Waals surface area contributed by atoms with Gasteiger partial charge in [0, 0.05) is 19.6 Å². The molecule has 0 aromatic heterocycles. The lowest BCUT2D eigenvalue weighted by Crippen LogP contribution is -2.24. The monoisotopic (exact) mass is 223 g/mol. The molecule has 16 heavy (non-hydrogen) atoms. The maximum atomic E-state index is 10.9. The van der Waals surface area contributed by atoms with E-state index in [1.807, 2.05) is 6.92 Å². The maximum absolute atomic E-state index is 10.9. The largest absolute Gasteiger partial charge is 0.377 e. The van der Waals surface area contributed by atoms with Gasteiger partial charge in [0.25, 0.3) is 0 Å². The van der Waals surface area contributed by atoms with Crippen molar-refractivity contribution in [3.8, 4) is 0 Å². The molecule has 90 valence electrons. The van der Waals surface area contributed by atoms with E-state index in [1.165, 1.54) is 5.57 Å². The van der Waals surface area contributed by atoms with Crippen molar-refractivity contribution < 1.29 is 9.53 Å². The van der Waals surface area contributed by atoms with E-state index in [2.05, 4.69) is 23.5 Å². The Morgan fingerprint density at radius 1 is 1.50 bits per heavy atom. The van der Waals surface area contributed by atoms with Gasteiger partial charge in [-0.3, -0.25) is 4.79 Å². The third-order valence-electron chi connectivity index (χ3n) is 2.45. The predicted octanol–water partition coefficient (Wildman–Crippen LogP) is 2.20. The molecule has 1 N–H and O–H groups in total. The van der Waals surface area contributed by atoms with E-state index in [0.717, 1.165) is 19.3 Å². The standard InChI is InChI=1S/C13H21NO2/c1-2-13(15)14-9-6-10-16-11-12-7-4-3-5-8-12/h4,7-8H,2-3,5-6,9-11H2,1H3,(H,14,15). The van der Waals surface area contributed by atoms with Gasteiger partial charge >= 0.3 is 0 Å². The SMILES string of the molecule is CCC(=O)NCCCOCC1=CCCC=C1. The summed E-state index contributed by atoms with van der Waals surface area (Å²) in [5.74, 6) is 0.109. The highest BCUT2D eigenvalue weighted by Gasteiger charge is 1.98. The Morgan fingerprint density at radius 2 is 2.38 bits per heavy atom. The molecule has 0 radical (unpaired) electrons. The highest BCUT2D eigenvalue weighted by atomic mass is 16.5. The normalized spacial score (nSPS) is 14.7. The first-order valence-corrected chi connectivity index (χ1v) is 6.03. The van der Waals surface area contributed by atoms with Gasteiger partial charge in [-0.15, -0.1) is 0 Å². The van der Waals surface area contributed by atoms with Crippen LogP contribution in [-0.4, -0.2) is 25.7 Å². The molecule has 0 fully saturated rings. The number of rotatable bonds is 7. The molecule has 1 amide bonds. The number of carbonyl (C=O) groups excluding carboxylic acids is 1. The Kier molecular flexibility index (Phi) is 6.58. The van der Waals surface area contributed by atoms with Crippen molar-refractivity contribution in [2.75, 3.05) is 19.8 Å². The zero-order valence-corrected chi connectivity index (χ0v) is 10.00. The fourth-order valence-electron chi connectivity index (χ4n) is 1.49. The number of ether oxygens (including phenoxy) is 1. The molecule has 0 aromatic rings. The molecule has 1 aliphatic carbocycles. The van der Waals surface area contributed by atoms with Crippen molar-refractivity contribution in [2.24, 2.45) is 0 Å². The maximum Gasteiger partial charge on any atom is 0.219 e. The summed E-state index contributed by atoms with van der Waals surface area (Å²) in [6.07, 6.45) is 10.2. The van der Waals surface area contributed by atoms with Crippen molar-refractivity contribution in [2.45, 2.75) is 32.6 Å². The van der Waals surface area contributed by atoms with Crippen LogP contribution in [0.15, 0.2) is 23.8 Å². The van der Waals surface area contributed by atoms with Gasteiger partial charge in [0.15, 0.2) is 0 Å². The Balaban J connectivity index is 1.94. The summed E-state index contributed by atoms with van der Waals surface area (Å²) < 4.78 is 5.52. The van der Waals surface area contributed by atoms with E-state index in [1.54, 1.807) is 0 Å². The third-order valence-corrected chi connectivity index (χ3v) is 2.45. The van der Waals surface area contributed by atoms with Gasteiger partial charge in [-0.1, -0.05) is 25.2 Å². The molecule has 3 heteroatoms. The summed E-state index contributed by atoms with van der Waals surface area (Å²) in [6, 6.07) is 0. The molecule has 1 aliphatic rings. The number of nitrogens with one attached hydrogen (secondary N) is 1. The van der Waals surface area contributed by atoms with Crippen LogP contribution in [0.2, 0.25) is 0 Å². The molecular weight excluding hydrogens is 202 g/mol. The molecule has 1 rings (SSSR count). The highest BCUT2D eigenvalue weighted by molar-refractivity contribution is 5.75. The molecule has 0 aromatic carbocycles. The number of carbonyl (C=O) groups is 1. The van der Waals surface area contributed by atoms with Crippen LogP contribution in [0.25, 0.3) is 0 Å². The van der Waals surface area contributed by atoms with Gasteiger partial charge in [0.1, 0.15) is 0 Å². The number of hydrogen-bond donors (Lipinski definition) is 1.